The number of phenols is 1. The number of benzene rings is 1. The van der Waals surface area contributed by atoms with Crippen molar-refractivity contribution in [1.82, 2.24) is 0 Å². The van der Waals surface area contributed by atoms with Gasteiger partial charge in [0.1, 0.15) is 5.75 Å². The fraction of sp³-hybridized carbons (Fsp3) is 0.400. The molecular formula is C10H15NO2. The van der Waals surface area contributed by atoms with Gasteiger partial charge in [-0.2, -0.15) is 0 Å². The lowest BCUT2D eigenvalue weighted by molar-refractivity contribution is 0.182. The Hall–Kier alpha value is -1.06. The minimum absolute atomic E-state index is 0.259. The Bertz CT molecular complexity index is 297. The third kappa shape index (κ3) is 2.20. The summed E-state index contributed by atoms with van der Waals surface area (Å²) in [5.74, 6) is 0.259. The van der Waals surface area contributed by atoms with Gasteiger partial charge in [-0.05, 0) is 6.92 Å². The quantitative estimate of drug-likeness (QED) is 0.739. The molecule has 0 saturated heterocycles. The summed E-state index contributed by atoms with van der Waals surface area (Å²) in [6.45, 7) is 2.74. The second kappa shape index (κ2) is 4.25. The van der Waals surface area contributed by atoms with Crippen LogP contribution in [0.3, 0.4) is 0 Å². The third-order valence-corrected chi connectivity index (χ3v) is 1.93. The maximum Gasteiger partial charge on any atom is 0.125 e. The first-order valence-corrected chi connectivity index (χ1v) is 4.19. The molecule has 0 spiro atoms. The molecule has 3 N–H and O–H groups in total. The topological polar surface area (TPSA) is 55.5 Å². The number of rotatable bonds is 3. The largest absolute Gasteiger partial charge is 0.507 e. The van der Waals surface area contributed by atoms with Crippen molar-refractivity contribution in [3.63, 3.8) is 0 Å². The lowest BCUT2D eigenvalue weighted by Crippen LogP contribution is -2.00. The molecule has 1 rings (SSSR count). The molecule has 1 aromatic carbocycles. The Morgan fingerprint density at radius 1 is 1.38 bits per heavy atom. The maximum absolute atomic E-state index is 9.68. The number of methoxy groups -OCH3 is 1. The summed E-state index contributed by atoms with van der Waals surface area (Å²) in [5, 5.41) is 9.68. The number of hydrogen-bond donors (Lipinski definition) is 2. The van der Waals surface area contributed by atoms with Crippen LogP contribution in [0.2, 0.25) is 0 Å². The van der Waals surface area contributed by atoms with E-state index in [1.165, 1.54) is 0 Å². The van der Waals surface area contributed by atoms with Crippen molar-refractivity contribution in [3.05, 3.63) is 28.8 Å². The predicted octanol–water partition coefficient (Wildman–Crippen LogP) is 1.31. The first-order chi connectivity index (χ1) is 6.19. The molecule has 72 valence electrons. The minimum atomic E-state index is 0.259. The van der Waals surface area contributed by atoms with E-state index in [0.29, 0.717) is 13.2 Å². The first-order valence-electron chi connectivity index (χ1n) is 4.19. The van der Waals surface area contributed by atoms with Gasteiger partial charge in [0.05, 0.1) is 6.61 Å². The summed E-state index contributed by atoms with van der Waals surface area (Å²) in [5.41, 5.74) is 8.14. The molecule has 0 aromatic heterocycles. The van der Waals surface area contributed by atoms with Crippen LogP contribution in [-0.4, -0.2) is 12.2 Å². The average Bonchev–Trinajstić information content (AvgIpc) is 2.11. The van der Waals surface area contributed by atoms with E-state index in [0.717, 1.165) is 16.7 Å². The van der Waals surface area contributed by atoms with Crippen molar-refractivity contribution in [2.45, 2.75) is 20.1 Å². The van der Waals surface area contributed by atoms with Gasteiger partial charge >= 0.3 is 0 Å². The van der Waals surface area contributed by atoms with Gasteiger partial charge in [-0.15, -0.1) is 0 Å². The Morgan fingerprint density at radius 3 is 2.54 bits per heavy atom. The van der Waals surface area contributed by atoms with E-state index < -0.39 is 0 Å². The first kappa shape index (κ1) is 10.0. The van der Waals surface area contributed by atoms with E-state index in [1.807, 2.05) is 19.1 Å². The van der Waals surface area contributed by atoms with Crippen LogP contribution in [0.25, 0.3) is 0 Å². The molecule has 0 heterocycles. The maximum atomic E-state index is 9.68. The van der Waals surface area contributed by atoms with Gasteiger partial charge in [0.15, 0.2) is 0 Å². The normalized spacial score (nSPS) is 10.4. The van der Waals surface area contributed by atoms with E-state index in [9.17, 15) is 5.11 Å². The Kier molecular flexibility index (Phi) is 3.28. The summed E-state index contributed by atoms with van der Waals surface area (Å²) in [6.07, 6.45) is 0. The van der Waals surface area contributed by atoms with Crippen LogP contribution >= 0.6 is 0 Å². The van der Waals surface area contributed by atoms with Gasteiger partial charge in [-0.1, -0.05) is 17.7 Å². The molecule has 0 amide bonds. The Balaban J connectivity index is 3.11. The van der Waals surface area contributed by atoms with Gasteiger partial charge < -0.3 is 15.6 Å². The highest BCUT2D eigenvalue weighted by Gasteiger charge is 2.06. The van der Waals surface area contributed by atoms with E-state index in [4.69, 9.17) is 10.5 Å². The third-order valence-electron chi connectivity index (χ3n) is 1.93. The molecule has 0 radical (unpaired) electrons. The van der Waals surface area contributed by atoms with Gasteiger partial charge in [0.2, 0.25) is 0 Å². The van der Waals surface area contributed by atoms with Gasteiger partial charge in [-0.3, -0.25) is 0 Å². The molecule has 0 unspecified atom stereocenters. The smallest absolute Gasteiger partial charge is 0.125 e. The molecule has 0 fully saturated rings. The van der Waals surface area contributed by atoms with E-state index >= 15 is 0 Å². The Labute approximate surface area is 78.1 Å². The highest BCUT2D eigenvalue weighted by molar-refractivity contribution is 5.43. The molecule has 3 nitrogen and oxygen atoms in total. The van der Waals surface area contributed by atoms with Crippen molar-refractivity contribution < 1.29 is 9.84 Å². The van der Waals surface area contributed by atoms with Crippen molar-refractivity contribution in [3.8, 4) is 5.75 Å². The molecule has 13 heavy (non-hydrogen) atoms. The molecule has 0 aliphatic heterocycles. The zero-order valence-electron chi connectivity index (χ0n) is 8.00. The highest BCUT2D eigenvalue weighted by Crippen LogP contribution is 2.24. The van der Waals surface area contributed by atoms with Gasteiger partial charge in [0.25, 0.3) is 0 Å². The fourth-order valence-corrected chi connectivity index (χ4v) is 1.36. The number of aryl methyl sites for hydroxylation is 1. The number of nitrogens with two attached hydrogens (primary N) is 1. The van der Waals surface area contributed by atoms with Crippen LogP contribution in [0.15, 0.2) is 12.1 Å². The summed E-state index contributed by atoms with van der Waals surface area (Å²) in [4.78, 5) is 0. The average molecular weight is 181 g/mol. The van der Waals surface area contributed by atoms with Crippen LogP contribution in [0.4, 0.5) is 0 Å². The standard InChI is InChI=1S/C10H15NO2/c1-7-3-8(5-11)10(12)9(4-7)6-13-2/h3-4,12H,5-6,11H2,1-2H3. The van der Waals surface area contributed by atoms with Gasteiger partial charge in [0, 0.05) is 24.8 Å². The molecule has 0 atom stereocenters. The predicted molar refractivity (Wildman–Crippen MR) is 51.4 cm³/mol. The molecule has 1 aromatic rings. The van der Waals surface area contributed by atoms with Crippen LogP contribution in [0, 0.1) is 6.92 Å². The lowest BCUT2D eigenvalue weighted by atomic mass is 10.1. The van der Waals surface area contributed by atoms with Crippen LogP contribution in [0.1, 0.15) is 16.7 Å². The van der Waals surface area contributed by atoms with Crippen molar-refractivity contribution >= 4 is 0 Å². The molecule has 3 heteroatoms. The number of phenolic OH excluding ortho intramolecular Hbond substituents is 1. The molecule has 0 aliphatic carbocycles. The highest BCUT2D eigenvalue weighted by atomic mass is 16.5. The molecule has 0 saturated carbocycles. The van der Waals surface area contributed by atoms with E-state index in [2.05, 4.69) is 0 Å². The number of hydrogen-bond acceptors (Lipinski definition) is 3. The number of ether oxygens (including phenoxy) is 1. The molecule has 0 bridgehead atoms. The number of aromatic hydroxyl groups is 1. The lowest BCUT2D eigenvalue weighted by Gasteiger charge is -2.09. The van der Waals surface area contributed by atoms with E-state index in [-0.39, 0.29) is 5.75 Å². The van der Waals surface area contributed by atoms with Gasteiger partial charge in [-0.25, -0.2) is 0 Å². The molecule has 0 aliphatic rings. The van der Waals surface area contributed by atoms with Crippen molar-refractivity contribution in [1.29, 1.82) is 0 Å². The SMILES string of the molecule is COCc1cc(C)cc(CN)c1O. The van der Waals surface area contributed by atoms with Crippen LogP contribution < -0.4 is 5.73 Å². The summed E-state index contributed by atoms with van der Waals surface area (Å²) in [6, 6.07) is 3.78. The van der Waals surface area contributed by atoms with Crippen molar-refractivity contribution in [2.75, 3.05) is 7.11 Å². The Morgan fingerprint density at radius 2 is 2.00 bits per heavy atom. The van der Waals surface area contributed by atoms with Crippen LogP contribution in [0.5, 0.6) is 5.75 Å². The monoisotopic (exact) mass is 181 g/mol. The summed E-state index contributed by atoms with van der Waals surface area (Å²) >= 11 is 0. The second-order valence-electron chi connectivity index (χ2n) is 3.07. The van der Waals surface area contributed by atoms with Crippen molar-refractivity contribution in [2.24, 2.45) is 5.73 Å². The summed E-state index contributed by atoms with van der Waals surface area (Å²) in [7, 11) is 1.60. The molecular weight excluding hydrogens is 166 g/mol. The zero-order valence-corrected chi connectivity index (χ0v) is 8.00. The fourth-order valence-electron chi connectivity index (χ4n) is 1.36. The van der Waals surface area contributed by atoms with E-state index in [1.54, 1.807) is 7.11 Å². The summed E-state index contributed by atoms with van der Waals surface area (Å²) < 4.78 is 4.96. The van der Waals surface area contributed by atoms with Crippen LogP contribution in [-0.2, 0) is 17.9 Å². The second-order valence-corrected chi connectivity index (χ2v) is 3.07. The zero-order chi connectivity index (χ0) is 9.84. The minimum Gasteiger partial charge on any atom is -0.507 e.